The molecule has 18 heavy (non-hydrogen) atoms. The number of carboxylic acids is 1. The Hall–Kier alpha value is -1.79. The van der Waals surface area contributed by atoms with Crippen LogP contribution in [0.4, 0.5) is 14.6 Å². The van der Waals surface area contributed by atoms with Gasteiger partial charge in [-0.1, -0.05) is 0 Å². The molecule has 1 aliphatic rings. The van der Waals surface area contributed by atoms with E-state index in [0.717, 1.165) is 6.20 Å². The summed E-state index contributed by atoms with van der Waals surface area (Å²) in [7, 11) is 0. The first-order chi connectivity index (χ1) is 8.46. The summed E-state index contributed by atoms with van der Waals surface area (Å²) in [5.41, 5.74) is -0.145. The number of anilines is 1. The van der Waals surface area contributed by atoms with Gasteiger partial charge in [0.2, 0.25) is 5.92 Å². The molecule has 1 unspecified atom stereocenters. The minimum atomic E-state index is -2.55. The Morgan fingerprint density at radius 3 is 2.78 bits per heavy atom. The molecule has 0 radical (unpaired) electrons. The third-order valence-electron chi connectivity index (χ3n) is 2.95. The molecule has 2 N–H and O–H groups in total. The molecule has 1 fully saturated rings. The van der Waals surface area contributed by atoms with Crippen LogP contribution in [0.3, 0.4) is 0 Å². The number of rotatable bonds is 4. The van der Waals surface area contributed by atoms with Crippen LogP contribution in [0.2, 0.25) is 0 Å². The van der Waals surface area contributed by atoms with Crippen molar-refractivity contribution < 1.29 is 18.7 Å². The Bertz CT molecular complexity index is 436. The summed E-state index contributed by atoms with van der Waals surface area (Å²) >= 11 is 0. The van der Waals surface area contributed by atoms with Crippen LogP contribution in [0.1, 0.15) is 29.8 Å². The summed E-state index contributed by atoms with van der Waals surface area (Å²) in [6, 6.07) is 0. The van der Waals surface area contributed by atoms with Gasteiger partial charge in [-0.2, -0.15) is 0 Å². The third-order valence-corrected chi connectivity index (χ3v) is 2.95. The Kier molecular flexibility index (Phi) is 3.40. The van der Waals surface area contributed by atoms with E-state index in [1.807, 2.05) is 0 Å². The largest absolute Gasteiger partial charge is 0.476 e. The van der Waals surface area contributed by atoms with Crippen LogP contribution in [0.25, 0.3) is 0 Å². The highest BCUT2D eigenvalue weighted by molar-refractivity contribution is 5.84. The van der Waals surface area contributed by atoms with Crippen LogP contribution < -0.4 is 5.32 Å². The molecule has 5 nitrogen and oxygen atoms in total. The fourth-order valence-corrected chi connectivity index (χ4v) is 1.99. The molecule has 1 heterocycles. The monoisotopic (exact) mass is 257 g/mol. The molecule has 2 rings (SSSR count). The minimum absolute atomic E-state index is 0.0665. The first kappa shape index (κ1) is 12.7. The maximum absolute atomic E-state index is 12.9. The first-order valence-electron chi connectivity index (χ1n) is 5.63. The van der Waals surface area contributed by atoms with Gasteiger partial charge in [0.25, 0.3) is 0 Å². The van der Waals surface area contributed by atoms with Gasteiger partial charge in [-0.05, 0) is 12.3 Å². The van der Waals surface area contributed by atoms with E-state index in [0.29, 0.717) is 18.8 Å². The molecule has 1 aromatic rings. The molecule has 0 saturated heterocycles. The van der Waals surface area contributed by atoms with Crippen LogP contribution in [0, 0.1) is 5.92 Å². The average Bonchev–Trinajstić information content (AvgIpc) is 2.67. The molecule has 0 aliphatic heterocycles. The van der Waals surface area contributed by atoms with Crippen molar-refractivity contribution in [1.82, 2.24) is 9.97 Å². The first-order valence-corrected chi connectivity index (χ1v) is 5.63. The van der Waals surface area contributed by atoms with Crippen molar-refractivity contribution in [3.63, 3.8) is 0 Å². The quantitative estimate of drug-likeness (QED) is 0.863. The lowest BCUT2D eigenvalue weighted by Crippen LogP contribution is -2.16. The maximum Gasteiger partial charge on any atom is 0.356 e. The topological polar surface area (TPSA) is 75.1 Å². The van der Waals surface area contributed by atoms with E-state index in [-0.39, 0.29) is 24.5 Å². The molecule has 0 amide bonds. The molecular weight excluding hydrogens is 244 g/mol. The highest BCUT2D eigenvalue weighted by Gasteiger charge is 2.39. The predicted molar refractivity (Wildman–Crippen MR) is 59.8 cm³/mol. The van der Waals surface area contributed by atoms with E-state index in [1.54, 1.807) is 0 Å². The Balaban J connectivity index is 1.85. The fraction of sp³-hybridized carbons (Fsp3) is 0.545. The van der Waals surface area contributed by atoms with Gasteiger partial charge in [-0.3, -0.25) is 0 Å². The Morgan fingerprint density at radius 2 is 2.28 bits per heavy atom. The van der Waals surface area contributed by atoms with Gasteiger partial charge >= 0.3 is 5.97 Å². The van der Waals surface area contributed by atoms with Crippen molar-refractivity contribution in [1.29, 1.82) is 0 Å². The summed E-state index contributed by atoms with van der Waals surface area (Å²) in [4.78, 5) is 18.1. The number of hydrogen-bond acceptors (Lipinski definition) is 4. The summed E-state index contributed by atoms with van der Waals surface area (Å²) in [6.45, 7) is 0.399. The molecule has 98 valence electrons. The highest BCUT2D eigenvalue weighted by Crippen LogP contribution is 2.38. The van der Waals surface area contributed by atoms with Gasteiger partial charge in [0.1, 0.15) is 5.82 Å². The summed E-state index contributed by atoms with van der Waals surface area (Å²) in [5, 5.41) is 11.5. The van der Waals surface area contributed by atoms with Crippen molar-refractivity contribution in [2.45, 2.75) is 25.2 Å². The van der Waals surface area contributed by atoms with Crippen LogP contribution in [0.15, 0.2) is 12.4 Å². The second kappa shape index (κ2) is 4.83. The average molecular weight is 257 g/mol. The second-order valence-electron chi connectivity index (χ2n) is 4.44. The van der Waals surface area contributed by atoms with E-state index in [4.69, 9.17) is 5.11 Å². The number of aromatic carboxylic acids is 1. The Morgan fingerprint density at radius 1 is 1.50 bits per heavy atom. The van der Waals surface area contributed by atoms with Crippen molar-refractivity contribution in [3.05, 3.63) is 18.1 Å². The van der Waals surface area contributed by atoms with Crippen molar-refractivity contribution in [2.75, 3.05) is 11.9 Å². The lowest BCUT2D eigenvalue weighted by atomic mass is 10.1. The molecule has 0 bridgehead atoms. The fourth-order valence-electron chi connectivity index (χ4n) is 1.99. The number of aromatic nitrogens is 2. The molecule has 1 aliphatic carbocycles. The van der Waals surface area contributed by atoms with Crippen molar-refractivity contribution >= 4 is 11.8 Å². The number of halogens is 2. The maximum atomic E-state index is 12.9. The summed E-state index contributed by atoms with van der Waals surface area (Å²) in [5.74, 6) is -3.38. The van der Waals surface area contributed by atoms with Gasteiger partial charge in [0, 0.05) is 19.4 Å². The predicted octanol–water partition coefficient (Wildman–Crippen LogP) is 2.02. The number of alkyl halides is 2. The summed E-state index contributed by atoms with van der Waals surface area (Å²) < 4.78 is 25.9. The molecule has 1 atom stereocenters. The molecule has 1 aromatic heterocycles. The van der Waals surface area contributed by atoms with Crippen LogP contribution >= 0.6 is 0 Å². The lowest BCUT2D eigenvalue weighted by molar-refractivity contribution is 0.00554. The zero-order valence-corrected chi connectivity index (χ0v) is 9.57. The lowest BCUT2D eigenvalue weighted by Gasteiger charge is -2.11. The van der Waals surface area contributed by atoms with E-state index in [1.165, 1.54) is 6.20 Å². The van der Waals surface area contributed by atoms with Crippen molar-refractivity contribution in [3.8, 4) is 0 Å². The molecular formula is C11H13F2N3O2. The van der Waals surface area contributed by atoms with Gasteiger partial charge in [-0.25, -0.2) is 23.5 Å². The normalized spacial score (nSPS) is 21.8. The minimum Gasteiger partial charge on any atom is -0.476 e. The van der Waals surface area contributed by atoms with Gasteiger partial charge in [0.05, 0.1) is 12.4 Å². The number of nitrogens with zero attached hydrogens (tertiary/aromatic N) is 2. The third kappa shape index (κ3) is 3.12. The number of hydrogen-bond donors (Lipinski definition) is 2. The van der Waals surface area contributed by atoms with E-state index < -0.39 is 11.9 Å². The number of carbonyl (C=O) groups is 1. The smallest absolute Gasteiger partial charge is 0.356 e. The molecule has 0 spiro atoms. The Labute approximate surface area is 102 Å². The molecule has 7 heteroatoms. The molecule has 0 aromatic carbocycles. The van der Waals surface area contributed by atoms with E-state index in [2.05, 4.69) is 15.3 Å². The van der Waals surface area contributed by atoms with Gasteiger partial charge in [0.15, 0.2) is 5.69 Å². The summed E-state index contributed by atoms with van der Waals surface area (Å²) in [6.07, 6.45) is 2.73. The highest BCUT2D eigenvalue weighted by atomic mass is 19.3. The van der Waals surface area contributed by atoms with Gasteiger partial charge < -0.3 is 10.4 Å². The standard InChI is InChI=1S/C11H13F2N3O2/c12-11(13)2-1-7(3-11)4-15-9-6-14-8(5-16-9)10(17)18/h5-7H,1-4H2,(H,15,16)(H,17,18). The molecule has 1 saturated carbocycles. The van der Waals surface area contributed by atoms with Crippen molar-refractivity contribution in [2.24, 2.45) is 5.92 Å². The zero-order valence-electron chi connectivity index (χ0n) is 9.57. The van der Waals surface area contributed by atoms with Crippen LogP contribution in [-0.2, 0) is 0 Å². The van der Waals surface area contributed by atoms with Crippen LogP contribution in [0.5, 0.6) is 0 Å². The SMILES string of the molecule is O=C(O)c1cnc(NCC2CCC(F)(F)C2)cn1. The number of carboxylic acid groups (broad SMARTS) is 1. The van der Waals surface area contributed by atoms with Gasteiger partial charge in [-0.15, -0.1) is 0 Å². The van der Waals surface area contributed by atoms with Crippen LogP contribution in [-0.4, -0.2) is 33.5 Å². The number of nitrogens with one attached hydrogen (secondary N) is 1. The zero-order chi connectivity index (χ0) is 13.2. The van der Waals surface area contributed by atoms with E-state index in [9.17, 15) is 13.6 Å². The van der Waals surface area contributed by atoms with E-state index >= 15 is 0 Å². The second-order valence-corrected chi connectivity index (χ2v) is 4.44.